The van der Waals surface area contributed by atoms with Gasteiger partial charge in [-0.2, -0.15) is 5.10 Å². The summed E-state index contributed by atoms with van der Waals surface area (Å²) in [5.74, 6) is 1.42. The minimum Gasteiger partial charge on any atom is -0.496 e. The van der Waals surface area contributed by atoms with E-state index in [4.69, 9.17) is 14.2 Å². The number of nitrogens with one attached hydrogen (secondary N) is 1. The number of ether oxygens (including phenoxy) is 3. The van der Waals surface area contributed by atoms with E-state index in [0.717, 1.165) is 11.1 Å². The third kappa shape index (κ3) is 5.88. The Balaban J connectivity index is 1.69. The molecular formula is C26H28N2O4. The minimum atomic E-state index is -0.350. The highest BCUT2D eigenvalue weighted by Gasteiger charge is 2.11. The number of amides is 1. The van der Waals surface area contributed by atoms with Gasteiger partial charge in [0.05, 0.1) is 25.5 Å². The molecule has 3 rings (SSSR count). The van der Waals surface area contributed by atoms with Crippen LogP contribution in [0, 0.1) is 13.8 Å². The third-order valence-corrected chi connectivity index (χ3v) is 4.89. The van der Waals surface area contributed by atoms with Crippen LogP contribution in [-0.2, 0) is 6.61 Å². The van der Waals surface area contributed by atoms with Gasteiger partial charge in [0.15, 0.2) is 11.5 Å². The van der Waals surface area contributed by atoms with Gasteiger partial charge in [-0.05, 0) is 67.8 Å². The fourth-order valence-electron chi connectivity index (χ4n) is 3.16. The number of carbonyl (C=O) groups is 1. The summed E-state index contributed by atoms with van der Waals surface area (Å²) >= 11 is 0. The van der Waals surface area contributed by atoms with Gasteiger partial charge in [-0.3, -0.25) is 4.79 Å². The van der Waals surface area contributed by atoms with Crippen molar-refractivity contribution in [3.63, 3.8) is 0 Å². The monoisotopic (exact) mass is 432 g/mol. The van der Waals surface area contributed by atoms with Gasteiger partial charge in [-0.15, -0.1) is 0 Å². The average Bonchev–Trinajstić information content (AvgIpc) is 2.80. The largest absolute Gasteiger partial charge is 0.496 e. The van der Waals surface area contributed by atoms with Gasteiger partial charge in [0.25, 0.3) is 5.91 Å². The van der Waals surface area contributed by atoms with Crippen molar-refractivity contribution in [1.29, 1.82) is 0 Å². The smallest absolute Gasteiger partial charge is 0.275 e. The number of para-hydroxylation sites is 1. The topological polar surface area (TPSA) is 69.2 Å². The lowest BCUT2D eigenvalue weighted by molar-refractivity contribution is 0.0952. The van der Waals surface area contributed by atoms with Gasteiger partial charge >= 0.3 is 0 Å². The van der Waals surface area contributed by atoms with Gasteiger partial charge in [0.1, 0.15) is 12.4 Å². The predicted octanol–water partition coefficient (Wildman–Crippen LogP) is 5.05. The first-order valence-corrected chi connectivity index (χ1v) is 10.4. The van der Waals surface area contributed by atoms with Crippen LogP contribution in [0.4, 0.5) is 0 Å². The van der Waals surface area contributed by atoms with Crippen molar-refractivity contribution in [3.8, 4) is 17.2 Å². The highest BCUT2D eigenvalue weighted by molar-refractivity contribution is 5.97. The number of rotatable bonds is 9. The van der Waals surface area contributed by atoms with Crippen LogP contribution in [0.25, 0.3) is 0 Å². The second-order valence-corrected chi connectivity index (χ2v) is 7.26. The Kier molecular flexibility index (Phi) is 7.86. The van der Waals surface area contributed by atoms with Gasteiger partial charge < -0.3 is 14.2 Å². The highest BCUT2D eigenvalue weighted by atomic mass is 16.5. The molecule has 3 aromatic rings. The van der Waals surface area contributed by atoms with Crippen LogP contribution >= 0.6 is 0 Å². The summed E-state index contributed by atoms with van der Waals surface area (Å²) in [4.78, 5) is 12.4. The van der Waals surface area contributed by atoms with Crippen LogP contribution in [0.15, 0.2) is 65.8 Å². The van der Waals surface area contributed by atoms with E-state index < -0.39 is 0 Å². The molecule has 0 saturated heterocycles. The average molecular weight is 433 g/mol. The molecule has 6 heteroatoms. The normalized spacial score (nSPS) is 10.8. The zero-order chi connectivity index (χ0) is 22.9. The number of hydrazone groups is 1. The van der Waals surface area contributed by atoms with Crippen molar-refractivity contribution in [1.82, 2.24) is 5.43 Å². The van der Waals surface area contributed by atoms with Gasteiger partial charge in [0, 0.05) is 0 Å². The lowest BCUT2D eigenvalue weighted by atomic mass is 10.1. The summed E-state index contributed by atoms with van der Waals surface area (Å²) < 4.78 is 17.0. The molecule has 1 N–H and O–H groups in total. The fraction of sp³-hybridized carbons (Fsp3) is 0.231. The Morgan fingerprint density at radius 3 is 2.56 bits per heavy atom. The van der Waals surface area contributed by atoms with Gasteiger partial charge in [-0.1, -0.05) is 35.9 Å². The maximum Gasteiger partial charge on any atom is 0.275 e. The Bertz CT molecular complexity index is 1110. The van der Waals surface area contributed by atoms with E-state index in [1.165, 1.54) is 18.2 Å². The lowest BCUT2D eigenvalue weighted by Crippen LogP contribution is -2.18. The SMILES string of the molecule is CCOc1cc(/C=N/NC(=O)c2ccccc2OC)ccc1OCc1cc(C)ccc1C. The molecule has 0 aliphatic rings. The molecule has 0 atom stereocenters. The second kappa shape index (κ2) is 11.0. The lowest BCUT2D eigenvalue weighted by Gasteiger charge is -2.14. The molecule has 1 amide bonds. The first kappa shape index (κ1) is 22.9. The Morgan fingerprint density at radius 1 is 0.969 bits per heavy atom. The van der Waals surface area contributed by atoms with E-state index in [2.05, 4.69) is 42.6 Å². The van der Waals surface area contributed by atoms with E-state index in [9.17, 15) is 4.79 Å². The predicted molar refractivity (Wildman–Crippen MR) is 126 cm³/mol. The summed E-state index contributed by atoms with van der Waals surface area (Å²) in [5.41, 5.74) is 7.23. The summed E-state index contributed by atoms with van der Waals surface area (Å²) in [6.07, 6.45) is 1.56. The van der Waals surface area contributed by atoms with Crippen molar-refractivity contribution < 1.29 is 19.0 Å². The molecule has 32 heavy (non-hydrogen) atoms. The summed E-state index contributed by atoms with van der Waals surface area (Å²) in [7, 11) is 1.52. The number of methoxy groups -OCH3 is 1. The summed E-state index contributed by atoms with van der Waals surface area (Å²) in [6, 6.07) is 18.8. The van der Waals surface area contributed by atoms with Crippen molar-refractivity contribution in [2.24, 2.45) is 5.10 Å². The molecule has 0 saturated carbocycles. The number of carbonyl (C=O) groups excluding carboxylic acids is 1. The van der Waals surface area contributed by atoms with E-state index in [0.29, 0.717) is 36.0 Å². The standard InChI is InChI=1S/C26H28N2O4/c1-5-31-25-15-20(16-27-28-26(29)22-8-6-7-9-23(22)30-4)12-13-24(25)32-17-21-14-18(2)10-11-19(21)3/h6-16H,5,17H2,1-4H3,(H,28,29)/b27-16+. The van der Waals surface area contributed by atoms with E-state index in [-0.39, 0.29) is 5.91 Å². The number of hydrogen-bond acceptors (Lipinski definition) is 5. The molecule has 6 nitrogen and oxygen atoms in total. The molecule has 0 fully saturated rings. The van der Waals surface area contributed by atoms with Gasteiger partial charge in [-0.25, -0.2) is 5.43 Å². The van der Waals surface area contributed by atoms with Crippen molar-refractivity contribution in [2.75, 3.05) is 13.7 Å². The molecule has 0 unspecified atom stereocenters. The first-order chi connectivity index (χ1) is 15.5. The van der Waals surface area contributed by atoms with Gasteiger partial charge in [0.2, 0.25) is 0 Å². The number of benzene rings is 3. The van der Waals surface area contributed by atoms with Crippen LogP contribution in [0.5, 0.6) is 17.2 Å². The Labute approximate surface area is 188 Å². The number of aryl methyl sites for hydroxylation is 2. The summed E-state index contributed by atoms with van der Waals surface area (Å²) in [5, 5.41) is 4.06. The van der Waals surface area contributed by atoms with Crippen LogP contribution < -0.4 is 19.6 Å². The molecule has 166 valence electrons. The van der Waals surface area contributed by atoms with Crippen LogP contribution in [0.1, 0.15) is 39.5 Å². The Morgan fingerprint density at radius 2 is 1.78 bits per heavy atom. The van der Waals surface area contributed by atoms with Crippen molar-refractivity contribution >= 4 is 12.1 Å². The number of hydrogen-bond donors (Lipinski definition) is 1. The second-order valence-electron chi connectivity index (χ2n) is 7.26. The minimum absolute atomic E-state index is 0.350. The Hall–Kier alpha value is -3.80. The maximum atomic E-state index is 12.4. The van der Waals surface area contributed by atoms with Crippen molar-refractivity contribution in [2.45, 2.75) is 27.4 Å². The molecule has 0 bridgehead atoms. The van der Waals surface area contributed by atoms with E-state index in [1.807, 2.05) is 25.1 Å². The van der Waals surface area contributed by atoms with Crippen LogP contribution in [0.3, 0.4) is 0 Å². The molecule has 0 spiro atoms. The number of nitrogens with zero attached hydrogens (tertiary/aromatic N) is 1. The molecule has 3 aromatic carbocycles. The highest BCUT2D eigenvalue weighted by Crippen LogP contribution is 2.29. The molecule has 0 aliphatic carbocycles. The van der Waals surface area contributed by atoms with Crippen LogP contribution in [0.2, 0.25) is 0 Å². The molecule has 0 radical (unpaired) electrons. The van der Waals surface area contributed by atoms with E-state index in [1.54, 1.807) is 30.5 Å². The first-order valence-electron chi connectivity index (χ1n) is 10.4. The zero-order valence-corrected chi connectivity index (χ0v) is 18.8. The third-order valence-electron chi connectivity index (χ3n) is 4.89. The fourth-order valence-corrected chi connectivity index (χ4v) is 3.16. The summed E-state index contributed by atoms with van der Waals surface area (Å²) in [6.45, 7) is 7.01. The molecular weight excluding hydrogens is 404 g/mol. The van der Waals surface area contributed by atoms with Crippen molar-refractivity contribution in [3.05, 3.63) is 88.5 Å². The zero-order valence-electron chi connectivity index (χ0n) is 18.8. The molecule has 0 aromatic heterocycles. The van der Waals surface area contributed by atoms with Crippen LogP contribution in [-0.4, -0.2) is 25.8 Å². The van der Waals surface area contributed by atoms with E-state index >= 15 is 0 Å². The maximum absolute atomic E-state index is 12.4. The molecule has 0 heterocycles. The quantitative estimate of drug-likeness (QED) is 0.379. The molecule has 0 aliphatic heterocycles.